The fraction of sp³-hybridized carbons (Fsp3) is 0.588. The summed E-state index contributed by atoms with van der Waals surface area (Å²) in [6, 6.07) is 8.58. The van der Waals surface area contributed by atoms with Gasteiger partial charge in [0.15, 0.2) is 9.84 Å². The van der Waals surface area contributed by atoms with Crippen LogP contribution in [-0.2, 0) is 14.6 Å². The van der Waals surface area contributed by atoms with Gasteiger partial charge in [-0.05, 0) is 37.3 Å². The van der Waals surface area contributed by atoms with Gasteiger partial charge in [0.2, 0.25) is 0 Å². The number of sulfone groups is 1. The van der Waals surface area contributed by atoms with Crippen molar-refractivity contribution >= 4 is 15.6 Å². The van der Waals surface area contributed by atoms with Crippen LogP contribution < -0.4 is 0 Å². The van der Waals surface area contributed by atoms with Crippen LogP contribution >= 0.6 is 0 Å². The summed E-state index contributed by atoms with van der Waals surface area (Å²) in [5.74, 6) is 0.582. The maximum absolute atomic E-state index is 13.0. The predicted molar refractivity (Wildman–Crippen MR) is 87.3 cm³/mol. The third-order valence-electron chi connectivity index (χ3n) is 4.11. The normalized spacial score (nSPS) is 18.6. The largest absolute Gasteiger partial charge is 0.298 e. The Hall–Kier alpha value is -1.20. The minimum absolute atomic E-state index is 0.143. The van der Waals surface area contributed by atoms with Gasteiger partial charge in [-0.15, -0.1) is 0 Å². The molecular weight excluding hydrogens is 298 g/mol. The molecule has 1 heterocycles. The zero-order valence-corrected chi connectivity index (χ0v) is 14.2. The quantitative estimate of drug-likeness (QED) is 0.808. The molecule has 1 aliphatic heterocycles. The van der Waals surface area contributed by atoms with E-state index in [0.29, 0.717) is 30.2 Å². The van der Waals surface area contributed by atoms with Crippen molar-refractivity contribution in [2.75, 3.05) is 13.1 Å². The average Bonchev–Trinajstić information content (AvgIpc) is 2.48. The minimum atomic E-state index is -3.45. The average molecular weight is 323 g/mol. The van der Waals surface area contributed by atoms with Crippen molar-refractivity contribution in [2.45, 2.75) is 49.8 Å². The molecule has 5 heteroatoms. The summed E-state index contributed by atoms with van der Waals surface area (Å²) >= 11 is 0. The Balaban J connectivity index is 2.28. The molecule has 122 valence electrons. The smallest absolute Gasteiger partial charge is 0.194 e. The van der Waals surface area contributed by atoms with E-state index >= 15 is 0 Å². The van der Waals surface area contributed by atoms with E-state index in [-0.39, 0.29) is 12.3 Å². The summed E-state index contributed by atoms with van der Waals surface area (Å²) in [7, 11) is -3.45. The summed E-state index contributed by atoms with van der Waals surface area (Å²) < 4.78 is 26.0. The molecule has 1 aliphatic rings. The lowest BCUT2D eigenvalue weighted by Crippen LogP contribution is -2.47. The van der Waals surface area contributed by atoms with Gasteiger partial charge in [0, 0.05) is 13.0 Å². The van der Waals surface area contributed by atoms with Crippen LogP contribution in [0.25, 0.3) is 0 Å². The monoisotopic (exact) mass is 323 g/mol. The summed E-state index contributed by atoms with van der Waals surface area (Å²) in [6.45, 7) is 5.12. The number of piperidine rings is 1. The third-order valence-corrected chi connectivity index (χ3v) is 6.29. The molecule has 0 aliphatic carbocycles. The molecular formula is C17H25NO3S. The molecule has 0 saturated carbocycles. The first-order valence-electron chi connectivity index (χ1n) is 7.96. The highest BCUT2D eigenvalue weighted by atomic mass is 32.2. The number of carbonyl (C=O) groups excluding carboxylic acids is 1. The predicted octanol–water partition coefficient (Wildman–Crippen LogP) is 2.89. The number of likely N-dealkylation sites (tertiary alicyclic amines) is 1. The first-order valence-corrected chi connectivity index (χ1v) is 9.50. The molecule has 4 nitrogen and oxygen atoms in total. The first-order chi connectivity index (χ1) is 10.4. The zero-order chi connectivity index (χ0) is 16.2. The van der Waals surface area contributed by atoms with Gasteiger partial charge in [-0.1, -0.05) is 32.0 Å². The number of nitrogens with zero attached hydrogens (tertiary/aromatic N) is 1. The van der Waals surface area contributed by atoms with E-state index in [0.717, 1.165) is 12.8 Å². The van der Waals surface area contributed by atoms with Gasteiger partial charge in [-0.2, -0.15) is 0 Å². The Morgan fingerprint density at radius 3 is 2.41 bits per heavy atom. The van der Waals surface area contributed by atoms with Gasteiger partial charge in [0.25, 0.3) is 0 Å². The second-order valence-electron chi connectivity index (χ2n) is 6.40. The van der Waals surface area contributed by atoms with Crippen LogP contribution in [0.2, 0.25) is 0 Å². The van der Waals surface area contributed by atoms with Gasteiger partial charge < -0.3 is 0 Å². The van der Waals surface area contributed by atoms with E-state index < -0.39 is 15.2 Å². The Kier molecular flexibility index (Phi) is 5.75. The van der Waals surface area contributed by atoms with Crippen LogP contribution in [-0.4, -0.2) is 37.6 Å². The van der Waals surface area contributed by atoms with E-state index in [1.165, 1.54) is 0 Å². The van der Waals surface area contributed by atoms with Crippen LogP contribution in [0.4, 0.5) is 0 Å². The highest BCUT2D eigenvalue weighted by Gasteiger charge is 2.34. The van der Waals surface area contributed by atoms with Gasteiger partial charge in [0.05, 0.1) is 11.4 Å². The summed E-state index contributed by atoms with van der Waals surface area (Å²) in [5, 5.41) is -0.596. The number of carbonyl (C=O) groups is 1. The Bertz CT molecular complexity index is 596. The lowest BCUT2D eigenvalue weighted by atomic mass is 10.1. The molecule has 1 aromatic carbocycles. The van der Waals surface area contributed by atoms with E-state index in [1.54, 1.807) is 24.3 Å². The maximum atomic E-state index is 13.0. The highest BCUT2D eigenvalue weighted by molar-refractivity contribution is 7.92. The SMILES string of the molecule is CC(C)CCC(N1CCCC(=O)C1)S(=O)(=O)c1ccccc1. The second-order valence-corrected chi connectivity index (χ2v) is 8.50. The standard InChI is InChI=1S/C17H25NO3S/c1-14(2)10-11-17(18-12-6-7-15(19)13-18)22(20,21)16-8-4-3-5-9-16/h3-5,8-9,14,17H,6-7,10-13H2,1-2H3. The van der Waals surface area contributed by atoms with E-state index in [4.69, 9.17) is 0 Å². The van der Waals surface area contributed by atoms with Crippen molar-refractivity contribution in [3.63, 3.8) is 0 Å². The molecule has 22 heavy (non-hydrogen) atoms. The Labute approximate surface area is 133 Å². The maximum Gasteiger partial charge on any atom is 0.194 e. The Morgan fingerprint density at radius 1 is 1.14 bits per heavy atom. The molecule has 1 aromatic rings. The molecule has 1 atom stereocenters. The zero-order valence-electron chi connectivity index (χ0n) is 13.4. The topological polar surface area (TPSA) is 54.5 Å². The number of Topliss-reactive ketones (excluding diaryl/α,β-unsaturated/α-hetero) is 1. The number of rotatable bonds is 6. The molecule has 2 rings (SSSR count). The molecule has 0 bridgehead atoms. The minimum Gasteiger partial charge on any atom is -0.298 e. The van der Waals surface area contributed by atoms with E-state index in [1.807, 2.05) is 11.0 Å². The second kappa shape index (κ2) is 7.38. The van der Waals surface area contributed by atoms with Crippen molar-refractivity contribution in [2.24, 2.45) is 5.92 Å². The van der Waals surface area contributed by atoms with Gasteiger partial charge in [-0.25, -0.2) is 8.42 Å². The first kappa shape index (κ1) is 17.2. The summed E-state index contributed by atoms with van der Waals surface area (Å²) in [4.78, 5) is 13.9. The fourth-order valence-corrected chi connectivity index (χ4v) is 4.76. The number of ketones is 1. The van der Waals surface area contributed by atoms with Crippen molar-refractivity contribution in [1.29, 1.82) is 0 Å². The third kappa shape index (κ3) is 4.17. The molecule has 1 fully saturated rings. The fourth-order valence-electron chi connectivity index (χ4n) is 2.89. The Morgan fingerprint density at radius 2 is 1.82 bits per heavy atom. The molecule has 0 amide bonds. The van der Waals surface area contributed by atoms with E-state index in [2.05, 4.69) is 13.8 Å². The van der Waals surface area contributed by atoms with Crippen LogP contribution in [0.3, 0.4) is 0 Å². The summed E-state index contributed by atoms with van der Waals surface area (Å²) in [6.07, 6.45) is 2.73. The van der Waals surface area contributed by atoms with Crippen LogP contribution in [0.5, 0.6) is 0 Å². The molecule has 0 N–H and O–H groups in total. The van der Waals surface area contributed by atoms with Crippen LogP contribution in [0.1, 0.15) is 39.5 Å². The van der Waals surface area contributed by atoms with Gasteiger partial charge in [-0.3, -0.25) is 9.69 Å². The van der Waals surface area contributed by atoms with Crippen molar-refractivity contribution in [3.8, 4) is 0 Å². The molecule has 1 unspecified atom stereocenters. The van der Waals surface area contributed by atoms with Crippen molar-refractivity contribution in [1.82, 2.24) is 4.90 Å². The lowest BCUT2D eigenvalue weighted by Gasteiger charge is -2.33. The van der Waals surface area contributed by atoms with Gasteiger partial charge >= 0.3 is 0 Å². The number of hydrogen-bond acceptors (Lipinski definition) is 4. The highest BCUT2D eigenvalue weighted by Crippen LogP contribution is 2.26. The number of benzene rings is 1. The molecule has 0 spiro atoms. The molecule has 1 saturated heterocycles. The molecule has 0 radical (unpaired) electrons. The van der Waals surface area contributed by atoms with Crippen molar-refractivity contribution in [3.05, 3.63) is 30.3 Å². The molecule has 0 aromatic heterocycles. The van der Waals surface area contributed by atoms with Crippen LogP contribution in [0, 0.1) is 5.92 Å². The van der Waals surface area contributed by atoms with Crippen LogP contribution in [0.15, 0.2) is 35.2 Å². The van der Waals surface area contributed by atoms with Crippen molar-refractivity contribution < 1.29 is 13.2 Å². The summed E-state index contributed by atoms with van der Waals surface area (Å²) in [5.41, 5.74) is 0. The van der Waals surface area contributed by atoms with E-state index in [9.17, 15) is 13.2 Å². The number of hydrogen-bond donors (Lipinski definition) is 0. The lowest BCUT2D eigenvalue weighted by molar-refractivity contribution is -0.122. The van der Waals surface area contributed by atoms with Gasteiger partial charge in [0.1, 0.15) is 11.2 Å².